The van der Waals surface area contributed by atoms with Gasteiger partial charge in [0.05, 0.1) is 11.0 Å². The monoisotopic (exact) mass is 263 g/mol. The Morgan fingerprint density at radius 3 is 2.63 bits per heavy atom. The Morgan fingerprint density at radius 2 is 2.11 bits per heavy atom. The van der Waals surface area contributed by atoms with Crippen LogP contribution in [0, 0.1) is 5.82 Å². The van der Waals surface area contributed by atoms with Crippen molar-refractivity contribution in [3.63, 3.8) is 0 Å². The summed E-state index contributed by atoms with van der Waals surface area (Å²) in [5, 5.41) is 0. The maximum atomic E-state index is 13.5. The third-order valence-electron chi connectivity index (χ3n) is 3.94. The smallest absolute Gasteiger partial charge is 0.125 e. The molecule has 2 N–H and O–H groups in total. The topological polar surface area (TPSA) is 43.8 Å². The van der Waals surface area contributed by atoms with Gasteiger partial charge in [-0.2, -0.15) is 0 Å². The van der Waals surface area contributed by atoms with E-state index in [-0.39, 0.29) is 17.3 Å². The van der Waals surface area contributed by atoms with Crippen LogP contribution in [0.25, 0.3) is 11.0 Å². The van der Waals surface area contributed by atoms with E-state index in [0.717, 1.165) is 23.3 Å². The van der Waals surface area contributed by atoms with Gasteiger partial charge >= 0.3 is 0 Å². The predicted octanol–water partition coefficient (Wildman–Crippen LogP) is 3.38. The second-order valence-corrected chi connectivity index (χ2v) is 5.65. The predicted molar refractivity (Wildman–Crippen MR) is 76.8 cm³/mol. The molecule has 0 bridgehead atoms. The highest BCUT2D eigenvalue weighted by atomic mass is 19.1. The number of fused-ring (bicyclic) bond motifs is 1. The van der Waals surface area contributed by atoms with Crippen molar-refractivity contribution in [2.75, 3.05) is 6.54 Å². The van der Waals surface area contributed by atoms with Crippen molar-refractivity contribution in [3.8, 4) is 0 Å². The molecule has 4 heteroatoms. The molecule has 0 radical (unpaired) electrons. The number of rotatable bonds is 4. The van der Waals surface area contributed by atoms with Gasteiger partial charge in [-0.1, -0.05) is 13.8 Å². The molecule has 2 aromatic rings. The third-order valence-corrected chi connectivity index (χ3v) is 3.94. The Bertz CT molecular complexity index is 582. The average Bonchev–Trinajstić information content (AvgIpc) is 2.76. The SMILES string of the molecule is CCC(C)(CN)c1nc2ccc(F)cc2n1C(C)C. The summed E-state index contributed by atoms with van der Waals surface area (Å²) in [5.41, 5.74) is 7.44. The first-order valence-electron chi connectivity index (χ1n) is 6.81. The van der Waals surface area contributed by atoms with E-state index in [1.165, 1.54) is 6.07 Å². The van der Waals surface area contributed by atoms with Gasteiger partial charge in [-0.3, -0.25) is 0 Å². The zero-order valence-corrected chi connectivity index (χ0v) is 12.1. The number of aromatic nitrogens is 2. The summed E-state index contributed by atoms with van der Waals surface area (Å²) in [5.74, 6) is 0.722. The van der Waals surface area contributed by atoms with Crippen LogP contribution in [0.5, 0.6) is 0 Å². The quantitative estimate of drug-likeness (QED) is 0.919. The molecule has 0 fully saturated rings. The van der Waals surface area contributed by atoms with Crippen LogP contribution < -0.4 is 5.73 Å². The van der Waals surface area contributed by atoms with Crippen molar-refractivity contribution in [1.29, 1.82) is 0 Å². The second kappa shape index (κ2) is 4.93. The molecule has 3 nitrogen and oxygen atoms in total. The van der Waals surface area contributed by atoms with Crippen molar-refractivity contribution >= 4 is 11.0 Å². The van der Waals surface area contributed by atoms with E-state index < -0.39 is 0 Å². The van der Waals surface area contributed by atoms with Crippen molar-refractivity contribution < 1.29 is 4.39 Å². The molecule has 104 valence electrons. The fraction of sp³-hybridized carbons (Fsp3) is 0.533. The first kappa shape index (κ1) is 14.0. The lowest BCUT2D eigenvalue weighted by Crippen LogP contribution is -2.34. The van der Waals surface area contributed by atoms with E-state index in [1.807, 2.05) is 0 Å². The molecule has 0 spiro atoms. The van der Waals surface area contributed by atoms with E-state index >= 15 is 0 Å². The maximum absolute atomic E-state index is 13.5. The number of imidazole rings is 1. The number of benzene rings is 1. The van der Waals surface area contributed by atoms with E-state index in [1.54, 1.807) is 12.1 Å². The largest absolute Gasteiger partial charge is 0.329 e. The summed E-state index contributed by atoms with van der Waals surface area (Å²) in [4.78, 5) is 4.71. The molecule has 0 aliphatic carbocycles. The highest BCUT2D eigenvalue weighted by Crippen LogP contribution is 2.31. The van der Waals surface area contributed by atoms with Crippen LogP contribution in [-0.4, -0.2) is 16.1 Å². The van der Waals surface area contributed by atoms with Crippen molar-refractivity contribution in [2.45, 2.75) is 45.6 Å². The van der Waals surface area contributed by atoms with Gasteiger partial charge < -0.3 is 10.3 Å². The zero-order valence-electron chi connectivity index (χ0n) is 12.1. The molecule has 1 atom stereocenters. The van der Waals surface area contributed by atoms with Crippen molar-refractivity contribution in [1.82, 2.24) is 9.55 Å². The second-order valence-electron chi connectivity index (χ2n) is 5.65. The van der Waals surface area contributed by atoms with Gasteiger partial charge in [0.2, 0.25) is 0 Å². The van der Waals surface area contributed by atoms with Gasteiger partial charge in [0, 0.05) is 18.0 Å². The molecular formula is C15H22FN3. The molecule has 0 saturated heterocycles. The Labute approximate surface area is 113 Å². The molecule has 19 heavy (non-hydrogen) atoms. The lowest BCUT2D eigenvalue weighted by Gasteiger charge is -2.28. The van der Waals surface area contributed by atoms with E-state index in [4.69, 9.17) is 10.7 Å². The minimum Gasteiger partial charge on any atom is -0.329 e. The normalized spacial score (nSPS) is 15.1. The summed E-state index contributed by atoms with van der Waals surface area (Å²) in [6.45, 7) is 8.92. The molecule has 0 aliphatic rings. The highest BCUT2D eigenvalue weighted by Gasteiger charge is 2.30. The first-order chi connectivity index (χ1) is 8.92. The van der Waals surface area contributed by atoms with Crippen LogP contribution in [0.4, 0.5) is 4.39 Å². The Kier molecular flexibility index (Phi) is 3.63. The molecule has 2 rings (SSSR count). The molecule has 1 heterocycles. The minimum absolute atomic E-state index is 0.181. The van der Waals surface area contributed by atoms with Gasteiger partial charge in [-0.15, -0.1) is 0 Å². The van der Waals surface area contributed by atoms with Crippen LogP contribution in [0.3, 0.4) is 0 Å². The Morgan fingerprint density at radius 1 is 1.42 bits per heavy atom. The molecule has 0 amide bonds. The lowest BCUT2D eigenvalue weighted by molar-refractivity contribution is 0.405. The molecule has 1 aromatic carbocycles. The number of hydrogen-bond acceptors (Lipinski definition) is 2. The van der Waals surface area contributed by atoms with Gasteiger partial charge in [0.15, 0.2) is 0 Å². The van der Waals surface area contributed by atoms with E-state index in [0.29, 0.717) is 6.54 Å². The summed E-state index contributed by atoms with van der Waals surface area (Å²) >= 11 is 0. The van der Waals surface area contributed by atoms with E-state index in [2.05, 4.69) is 32.3 Å². The van der Waals surface area contributed by atoms with E-state index in [9.17, 15) is 4.39 Å². The van der Waals surface area contributed by atoms with Crippen molar-refractivity contribution in [2.24, 2.45) is 5.73 Å². The number of nitrogens with two attached hydrogens (primary N) is 1. The minimum atomic E-state index is -0.230. The van der Waals surface area contributed by atoms with Crippen LogP contribution in [0.15, 0.2) is 18.2 Å². The Hall–Kier alpha value is -1.42. The molecule has 0 saturated carbocycles. The van der Waals surface area contributed by atoms with Crippen molar-refractivity contribution in [3.05, 3.63) is 29.8 Å². The number of nitrogens with zero attached hydrogens (tertiary/aromatic N) is 2. The fourth-order valence-electron chi connectivity index (χ4n) is 2.41. The molecule has 0 aliphatic heterocycles. The third kappa shape index (κ3) is 2.25. The van der Waals surface area contributed by atoms with Gasteiger partial charge in [-0.25, -0.2) is 9.37 Å². The van der Waals surface area contributed by atoms with Crippen LogP contribution >= 0.6 is 0 Å². The molecule has 1 unspecified atom stereocenters. The summed E-state index contributed by atoms with van der Waals surface area (Å²) in [6, 6.07) is 4.97. The van der Waals surface area contributed by atoms with Crippen LogP contribution in [-0.2, 0) is 5.41 Å². The highest BCUT2D eigenvalue weighted by molar-refractivity contribution is 5.76. The average molecular weight is 263 g/mol. The number of halogens is 1. The zero-order chi connectivity index (χ0) is 14.2. The summed E-state index contributed by atoms with van der Waals surface area (Å²) in [6.07, 6.45) is 0.905. The Balaban J connectivity index is 2.77. The maximum Gasteiger partial charge on any atom is 0.125 e. The van der Waals surface area contributed by atoms with Gasteiger partial charge in [0.1, 0.15) is 11.6 Å². The first-order valence-corrected chi connectivity index (χ1v) is 6.81. The molecule has 1 aromatic heterocycles. The summed E-state index contributed by atoms with van der Waals surface area (Å²) < 4.78 is 15.6. The number of hydrogen-bond donors (Lipinski definition) is 1. The fourth-order valence-corrected chi connectivity index (χ4v) is 2.41. The van der Waals surface area contributed by atoms with Crippen LogP contribution in [0.2, 0.25) is 0 Å². The molecular weight excluding hydrogens is 241 g/mol. The summed E-state index contributed by atoms with van der Waals surface area (Å²) in [7, 11) is 0. The van der Waals surface area contributed by atoms with Gasteiger partial charge in [0.25, 0.3) is 0 Å². The van der Waals surface area contributed by atoms with Crippen LogP contribution in [0.1, 0.15) is 46.0 Å². The lowest BCUT2D eigenvalue weighted by atomic mass is 9.86. The standard InChI is InChI=1S/C15H22FN3/c1-5-15(4,9-17)14-18-12-7-6-11(16)8-13(12)19(14)10(2)3/h6-8,10H,5,9,17H2,1-4H3. The van der Waals surface area contributed by atoms with Gasteiger partial charge in [-0.05, 0) is 38.5 Å².